The fraction of sp³-hybridized carbons (Fsp3) is 0.571. The minimum Gasteiger partial charge on any atom is -0.315 e. The minimum atomic E-state index is -3.24. The fourth-order valence-electron chi connectivity index (χ4n) is 1.66. The standard InChI is InChI=1S/C14H22BrNO2S/c1-11(2)8-9-16-10-12(3)19(17,18)14-6-4-13(15)5-7-14/h4-7,11-12,16H,8-10H2,1-3H3. The van der Waals surface area contributed by atoms with Crippen molar-refractivity contribution in [3.05, 3.63) is 28.7 Å². The molecule has 0 amide bonds. The van der Waals surface area contributed by atoms with E-state index >= 15 is 0 Å². The third-order valence-corrected chi connectivity index (χ3v) is 5.69. The highest BCUT2D eigenvalue weighted by atomic mass is 79.9. The maximum atomic E-state index is 12.3. The van der Waals surface area contributed by atoms with Gasteiger partial charge < -0.3 is 5.32 Å². The van der Waals surface area contributed by atoms with Crippen LogP contribution in [0, 0.1) is 5.92 Å². The van der Waals surface area contributed by atoms with E-state index in [1.54, 1.807) is 31.2 Å². The van der Waals surface area contributed by atoms with Gasteiger partial charge in [-0.3, -0.25) is 0 Å². The van der Waals surface area contributed by atoms with Crippen molar-refractivity contribution in [1.82, 2.24) is 5.32 Å². The van der Waals surface area contributed by atoms with Crippen molar-refractivity contribution >= 4 is 25.8 Å². The molecule has 1 unspecified atom stereocenters. The summed E-state index contributed by atoms with van der Waals surface area (Å²) in [6, 6.07) is 6.80. The molecule has 3 nitrogen and oxygen atoms in total. The normalized spacial score (nSPS) is 13.7. The first-order valence-corrected chi connectivity index (χ1v) is 8.88. The van der Waals surface area contributed by atoms with Crippen LogP contribution in [-0.2, 0) is 9.84 Å². The van der Waals surface area contributed by atoms with Gasteiger partial charge in [-0.15, -0.1) is 0 Å². The summed E-state index contributed by atoms with van der Waals surface area (Å²) in [5, 5.41) is 2.80. The van der Waals surface area contributed by atoms with E-state index < -0.39 is 15.1 Å². The third-order valence-electron chi connectivity index (χ3n) is 3.00. The summed E-state index contributed by atoms with van der Waals surface area (Å²) < 4.78 is 25.5. The number of hydrogen-bond donors (Lipinski definition) is 1. The Morgan fingerprint density at radius 3 is 2.26 bits per heavy atom. The first-order chi connectivity index (χ1) is 8.84. The van der Waals surface area contributed by atoms with E-state index in [1.807, 2.05) is 0 Å². The van der Waals surface area contributed by atoms with E-state index in [9.17, 15) is 8.42 Å². The molecule has 0 aliphatic carbocycles. The van der Waals surface area contributed by atoms with Crippen molar-refractivity contribution < 1.29 is 8.42 Å². The second-order valence-corrected chi connectivity index (χ2v) is 8.48. The molecule has 0 saturated heterocycles. The third kappa shape index (κ3) is 5.24. The van der Waals surface area contributed by atoms with Gasteiger partial charge in [-0.05, 0) is 50.1 Å². The predicted molar refractivity (Wildman–Crippen MR) is 83.1 cm³/mol. The molecule has 0 saturated carbocycles. The summed E-state index contributed by atoms with van der Waals surface area (Å²) in [5.74, 6) is 0.630. The van der Waals surface area contributed by atoms with Gasteiger partial charge in [0.15, 0.2) is 9.84 Å². The van der Waals surface area contributed by atoms with E-state index in [1.165, 1.54) is 0 Å². The van der Waals surface area contributed by atoms with Crippen LogP contribution in [0.4, 0.5) is 0 Å². The van der Waals surface area contributed by atoms with E-state index in [2.05, 4.69) is 35.1 Å². The van der Waals surface area contributed by atoms with Crippen molar-refractivity contribution in [2.24, 2.45) is 5.92 Å². The summed E-state index contributed by atoms with van der Waals surface area (Å²) in [6.07, 6.45) is 1.06. The summed E-state index contributed by atoms with van der Waals surface area (Å²) in [4.78, 5) is 0.383. The van der Waals surface area contributed by atoms with Crippen molar-refractivity contribution in [3.8, 4) is 0 Å². The Labute approximate surface area is 124 Å². The van der Waals surface area contributed by atoms with Crippen LogP contribution in [0.2, 0.25) is 0 Å². The lowest BCUT2D eigenvalue weighted by molar-refractivity contribution is 0.528. The molecule has 1 atom stereocenters. The number of benzene rings is 1. The lowest BCUT2D eigenvalue weighted by Crippen LogP contribution is -2.32. The van der Waals surface area contributed by atoms with Crippen LogP contribution in [0.1, 0.15) is 27.2 Å². The van der Waals surface area contributed by atoms with Gasteiger partial charge in [0.2, 0.25) is 0 Å². The Hall–Kier alpha value is -0.390. The Bertz CT molecular complexity index is 483. The van der Waals surface area contributed by atoms with Crippen LogP contribution in [0.5, 0.6) is 0 Å². The highest BCUT2D eigenvalue weighted by Gasteiger charge is 2.22. The molecule has 0 fully saturated rings. The minimum absolute atomic E-state index is 0.383. The van der Waals surface area contributed by atoms with Crippen molar-refractivity contribution in [1.29, 1.82) is 0 Å². The zero-order valence-electron chi connectivity index (χ0n) is 11.7. The van der Waals surface area contributed by atoms with Crippen molar-refractivity contribution in [3.63, 3.8) is 0 Å². The van der Waals surface area contributed by atoms with Gasteiger partial charge in [0.1, 0.15) is 0 Å². The number of rotatable bonds is 7. The molecular weight excluding hydrogens is 326 g/mol. The molecular formula is C14H22BrNO2S. The molecule has 1 aromatic carbocycles. The van der Waals surface area contributed by atoms with Gasteiger partial charge in [-0.1, -0.05) is 29.8 Å². The molecule has 0 aliphatic heterocycles. The highest BCUT2D eigenvalue weighted by molar-refractivity contribution is 9.10. The summed E-state index contributed by atoms with van der Waals surface area (Å²) in [5.41, 5.74) is 0. The second-order valence-electron chi connectivity index (χ2n) is 5.20. The molecule has 108 valence electrons. The zero-order valence-corrected chi connectivity index (χ0v) is 14.1. The Kier molecular flexibility index (Phi) is 6.50. The van der Waals surface area contributed by atoms with Gasteiger partial charge in [-0.2, -0.15) is 0 Å². The molecule has 0 radical (unpaired) electrons. The molecule has 0 spiro atoms. The predicted octanol–water partition coefficient (Wildman–Crippen LogP) is 3.25. The van der Waals surface area contributed by atoms with Crippen molar-refractivity contribution in [2.45, 2.75) is 37.3 Å². The van der Waals surface area contributed by atoms with Crippen LogP contribution in [0.15, 0.2) is 33.6 Å². The SMILES string of the molecule is CC(C)CCNCC(C)S(=O)(=O)c1ccc(Br)cc1. The van der Waals surface area contributed by atoms with Crippen LogP contribution in [0.3, 0.4) is 0 Å². The van der Waals surface area contributed by atoms with E-state index in [0.29, 0.717) is 17.4 Å². The number of hydrogen-bond acceptors (Lipinski definition) is 3. The van der Waals surface area contributed by atoms with E-state index in [0.717, 1.165) is 17.4 Å². The number of halogens is 1. The first kappa shape index (κ1) is 16.7. The van der Waals surface area contributed by atoms with Gasteiger partial charge in [-0.25, -0.2) is 8.42 Å². The molecule has 1 rings (SSSR count). The van der Waals surface area contributed by atoms with Crippen LogP contribution in [-0.4, -0.2) is 26.8 Å². The Morgan fingerprint density at radius 1 is 1.16 bits per heavy atom. The average molecular weight is 348 g/mol. The van der Waals surface area contributed by atoms with Crippen molar-refractivity contribution in [2.75, 3.05) is 13.1 Å². The Morgan fingerprint density at radius 2 is 1.74 bits per heavy atom. The van der Waals surface area contributed by atoms with Crippen LogP contribution >= 0.6 is 15.9 Å². The summed E-state index contributed by atoms with van der Waals surface area (Å²) >= 11 is 3.31. The molecule has 0 aliphatic rings. The number of sulfone groups is 1. The lowest BCUT2D eigenvalue weighted by Gasteiger charge is -2.14. The average Bonchev–Trinajstić information content (AvgIpc) is 2.34. The summed E-state index contributed by atoms with van der Waals surface area (Å²) in [6.45, 7) is 7.41. The quantitative estimate of drug-likeness (QED) is 0.770. The monoisotopic (exact) mass is 347 g/mol. The molecule has 0 bridgehead atoms. The maximum Gasteiger partial charge on any atom is 0.182 e. The smallest absolute Gasteiger partial charge is 0.182 e. The summed E-state index contributed by atoms with van der Waals surface area (Å²) in [7, 11) is -3.24. The van der Waals surface area contributed by atoms with Crippen LogP contribution < -0.4 is 5.32 Å². The fourth-order valence-corrected chi connectivity index (χ4v) is 3.24. The van der Waals surface area contributed by atoms with E-state index in [-0.39, 0.29) is 0 Å². The van der Waals surface area contributed by atoms with Gasteiger partial charge in [0.25, 0.3) is 0 Å². The highest BCUT2D eigenvalue weighted by Crippen LogP contribution is 2.18. The molecule has 19 heavy (non-hydrogen) atoms. The molecule has 1 aromatic rings. The van der Waals surface area contributed by atoms with Gasteiger partial charge in [0, 0.05) is 11.0 Å². The maximum absolute atomic E-state index is 12.3. The molecule has 0 heterocycles. The molecule has 5 heteroatoms. The topological polar surface area (TPSA) is 46.2 Å². The first-order valence-electron chi connectivity index (χ1n) is 6.54. The largest absolute Gasteiger partial charge is 0.315 e. The van der Waals surface area contributed by atoms with E-state index in [4.69, 9.17) is 0 Å². The second kappa shape index (κ2) is 7.41. The zero-order chi connectivity index (χ0) is 14.5. The van der Waals surface area contributed by atoms with Crippen LogP contribution in [0.25, 0.3) is 0 Å². The molecule has 0 aromatic heterocycles. The van der Waals surface area contributed by atoms with Gasteiger partial charge in [0.05, 0.1) is 10.1 Å². The molecule has 1 N–H and O–H groups in total. The van der Waals surface area contributed by atoms with Gasteiger partial charge >= 0.3 is 0 Å². The number of nitrogens with one attached hydrogen (secondary N) is 1. The lowest BCUT2D eigenvalue weighted by atomic mass is 10.1. The Balaban J connectivity index is 2.59.